The molecule has 3 heterocycles. The van der Waals surface area contributed by atoms with E-state index in [1.807, 2.05) is 9.80 Å². The quantitative estimate of drug-likeness (QED) is 0.795. The molecule has 2 fully saturated rings. The monoisotopic (exact) mass is 377 g/mol. The van der Waals surface area contributed by atoms with Crippen LogP contribution < -0.4 is 4.90 Å². The summed E-state index contributed by atoms with van der Waals surface area (Å²) in [5.74, 6) is 0.468. The van der Waals surface area contributed by atoms with Crippen molar-refractivity contribution in [1.82, 2.24) is 9.88 Å². The van der Waals surface area contributed by atoms with Crippen molar-refractivity contribution < 1.29 is 22.7 Å². The topological polar surface area (TPSA) is 45.7 Å². The first-order chi connectivity index (χ1) is 11.9. The van der Waals surface area contributed by atoms with E-state index in [4.69, 9.17) is 16.3 Å². The number of nitrogens with zero attached hydrogens (tertiary/aromatic N) is 3. The van der Waals surface area contributed by atoms with Crippen LogP contribution in [0.4, 0.5) is 19.0 Å². The highest BCUT2D eigenvalue weighted by Crippen LogP contribution is 2.33. The normalized spacial score (nSPS) is 20.0. The first-order valence-corrected chi connectivity index (χ1v) is 8.58. The average molecular weight is 378 g/mol. The van der Waals surface area contributed by atoms with E-state index >= 15 is 0 Å². The van der Waals surface area contributed by atoms with Crippen LogP contribution >= 0.6 is 11.6 Å². The first-order valence-electron chi connectivity index (χ1n) is 8.20. The minimum absolute atomic E-state index is 0.00748. The molecule has 0 aliphatic carbocycles. The fourth-order valence-corrected chi connectivity index (χ4v) is 3.45. The molecule has 0 bridgehead atoms. The number of aromatic nitrogens is 1. The van der Waals surface area contributed by atoms with Gasteiger partial charge in [0, 0.05) is 51.5 Å². The zero-order valence-corrected chi connectivity index (χ0v) is 14.3. The van der Waals surface area contributed by atoms with Crippen LogP contribution in [0.3, 0.4) is 0 Å². The predicted molar refractivity (Wildman–Crippen MR) is 86.6 cm³/mol. The Labute approximate surface area is 148 Å². The first kappa shape index (κ1) is 18.3. The number of pyridine rings is 1. The SMILES string of the molecule is O=C(C1CCOCC1)N1CCN(c2ncc(C(F)(F)F)cc2Cl)CC1. The van der Waals surface area contributed by atoms with Crippen LogP contribution in [0.25, 0.3) is 0 Å². The molecule has 0 saturated carbocycles. The van der Waals surface area contributed by atoms with Crippen LogP contribution in [0.5, 0.6) is 0 Å². The van der Waals surface area contributed by atoms with Gasteiger partial charge in [-0.1, -0.05) is 11.6 Å². The number of carbonyl (C=O) groups is 1. The summed E-state index contributed by atoms with van der Waals surface area (Å²) >= 11 is 5.99. The molecular weight excluding hydrogens is 359 g/mol. The van der Waals surface area contributed by atoms with Gasteiger partial charge in [0.2, 0.25) is 5.91 Å². The lowest BCUT2D eigenvalue weighted by atomic mass is 9.98. The zero-order valence-electron chi connectivity index (χ0n) is 13.6. The fraction of sp³-hybridized carbons (Fsp3) is 0.625. The zero-order chi connectivity index (χ0) is 18.0. The smallest absolute Gasteiger partial charge is 0.381 e. The van der Waals surface area contributed by atoms with Crippen LogP contribution in [0.2, 0.25) is 5.02 Å². The van der Waals surface area contributed by atoms with Gasteiger partial charge in [0.15, 0.2) is 0 Å². The second-order valence-electron chi connectivity index (χ2n) is 6.23. The number of anilines is 1. The molecule has 9 heteroatoms. The number of hydrogen-bond acceptors (Lipinski definition) is 4. The van der Waals surface area contributed by atoms with Crippen molar-refractivity contribution in [2.24, 2.45) is 5.92 Å². The van der Waals surface area contributed by atoms with Crippen molar-refractivity contribution in [2.75, 3.05) is 44.3 Å². The summed E-state index contributed by atoms with van der Waals surface area (Å²) < 4.78 is 43.4. The molecule has 1 amide bonds. The van der Waals surface area contributed by atoms with E-state index in [9.17, 15) is 18.0 Å². The molecule has 0 atom stereocenters. The number of amides is 1. The number of rotatable bonds is 2. The van der Waals surface area contributed by atoms with Gasteiger partial charge in [0.05, 0.1) is 10.6 Å². The third-order valence-corrected chi connectivity index (χ3v) is 4.89. The molecule has 0 aromatic carbocycles. The Morgan fingerprint density at radius 2 is 1.84 bits per heavy atom. The van der Waals surface area contributed by atoms with E-state index in [1.54, 1.807) is 0 Å². The second kappa shape index (κ2) is 7.37. The Balaban J connectivity index is 1.61. The molecule has 0 radical (unpaired) electrons. The number of ether oxygens (including phenoxy) is 1. The molecule has 2 aliphatic rings. The van der Waals surface area contributed by atoms with Crippen molar-refractivity contribution in [3.8, 4) is 0 Å². The summed E-state index contributed by atoms with van der Waals surface area (Å²) in [6.45, 7) is 3.23. The molecule has 3 rings (SSSR count). The molecule has 25 heavy (non-hydrogen) atoms. The highest BCUT2D eigenvalue weighted by Gasteiger charge is 2.33. The average Bonchev–Trinajstić information content (AvgIpc) is 2.61. The number of carbonyl (C=O) groups excluding carboxylic acids is 1. The van der Waals surface area contributed by atoms with Gasteiger partial charge < -0.3 is 14.5 Å². The van der Waals surface area contributed by atoms with Gasteiger partial charge in [-0.3, -0.25) is 4.79 Å². The Hall–Kier alpha value is -1.54. The number of halogens is 4. The molecule has 2 aliphatic heterocycles. The van der Waals surface area contributed by atoms with E-state index in [1.165, 1.54) is 0 Å². The molecule has 0 unspecified atom stereocenters. The fourth-order valence-electron chi connectivity index (χ4n) is 3.16. The Kier molecular flexibility index (Phi) is 5.38. The Morgan fingerprint density at radius 1 is 1.20 bits per heavy atom. The van der Waals surface area contributed by atoms with Crippen molar-refractivity contribution in [1.29, 1.82) is 0 Å². The minimum atomic E-state index is -4.47. The standard InChI is InChI=1S/C16H19ClF3N3O2/c17-13-9-12(16(18,19)20)10-21-14(13)22-3-5-23(6-4-22)15(24)11-1-7-25-8-2-11/h9-11H,1-8H2. The maximum absolute atomic E-state index is 12.7. The summed E-state index contributed by atoms with van der Waals surface area (Å²) in [6, 6.07) is 0.892. The van der Waals surface area contributed by atoms with Crippen molar-refractivity contribution >= 4 is 23.3 Å². The van der Waals surface area contributed by atoms with Gasteiger partial charge in [-0.2, -0.15) is 13.2 Å². The lowest BCUT2D eigenvalue weighted by Gasteiger charge is -2.37. The van der Waals surface area contributed by atoms with E-state index < -0.39 is 11.7 Å². The Morgan fingerprint density at radius 3 is 2.40 bits per heavy atom. The number of alkyl halides is 3. The third-order valence-electron chi connectivity index (χ3n) is 4.61. The highest BCUT2D eigenvalue weighted by molar-refractivity contribution is 6.33. The molecule has 2 saturated heterocycles. The highest BCUT2D eigenvalue weighted by atomic mass is 35.5. The minimum Gasteiger partial charge on any atom is -0.381 e. The molecule has 138 valence electrons. The van der Waals surface area contributed by atoms with Gasteiger partial charge in [-0.15, -0.1) is 0 Å². The van der Waals surface area contributed by atoms with Crippen LogP contribution in [0.15, 0.2) is 12.3 Å². The second-order valence-corrected chi connectivity index (χ2v) is 6.63. The summed E-state index contributed by atoms with van der Waals surface area (Å²) in [5, 5.41) is -0.0287. The van der Waals surface area contributed by atoms with Gasteiger partial charge >= 0.3 is 6.18 Å². The largest absolute Gasteiger partial charge is 0.417 e. The molecular formula is C16H19ClF3N3O2. The summed E-state index contributed by atoms with van der Waals surface area (Å²) in [7, 11) is 0. The maximum atomic E-state index is 12.7. The van der Waals surface area contributed by atoms with Crippen LogP contribution in [-0.4, -0.2) is 55.2 Å². The van der Waals surface area contributed by atoms with Crippen molar-refractivity contribution in [3.05, 3.63) is 22.8 Å². The van der Waals surface area contributed by atoms with Crippen LogP contribution in [0.1, 0.15) is 18.4 Å². The van der Waals surface area contributed by atoms with E-state index in [0.29, 0.717) is 45.2 Å². The molecule has 5 nitrogen and oxygen atoms in total. The summed E-state index contributed by atoms with van der Waals surface area (Å²) in [5.41, 5.74) is -0.866. The van der Waals surface area contributed by atoms with E-state index in [-0.39, 0.29) is 16.8 Å². The van der Waals surface area contributed by atoms with E-state index in [2.05, 4.69) is 4.98 Å². The van der Waals surface area contributed by atoms with Crippen LogP contribution in [0, 0.1) is 5.92 Å². The number of hydrogen-bond donors (Lipinski definition) is 0. The molecule has 0 spiro atoms. The third kappa shape index (κ3) is 4.17. The maximum Gasteiger partial charge on any atom is 0.417 e. The Bertz CT molecular complexity index is 628. The molecule has 0 N–H and O–H groups in total. The molecule has 1 aromatic heterocycles. The molecule has 1 aromatic rings. The van der Waals surface area contributed by atoms with Gasteiger partial charge in [0.1, 0.15) is 5.82 Å². The van der Waals surface area contributed by atoms with E-state index in [0.717, 1.165) is 25.1 Å². The van der Waals surface area contributed by atoms with Gasteiger partial charge in [0.25, 0.3) is 0 Å². The summed E-state index contributed by atoms with van der Waals surface area (Å²) in [4.78, 5) is 20.0. The lowest BCUT2D eigenvalue weighted by molar-refractivity contribution is -0.139. The van der Waals surface area contributed by atoms with Gasteiger partial charge in [-0.05, 0) is 18.9 Å². The summed E-state index contributed by atoms with van der Waals surface area (Å²) in [6.07, 6.45) is -2.19. The lowest BCUT2D eigenvalue weighted by Crippen LogP contribution is -2.51. The van der Waals surface area contributed by atoms with Crippen molar-refractivity contribution in [2.45, 2.75) is 19.0 Å². The predicted octanol–water partition coefficient (Wildman–Crippen LogP) is 2.83. The van der Waals surface area contributed by atoms with Gasteiger partial charge in [-0.25, -0.2) is 4.98 Å². The number of piperazine rings is 1. The van der Waals surface area contributed by atoms with Crippen LogP contribution in [-0.2, 0) is 15.7 Å². The van der Waals surface area contributed by atoms with Crippen molar-refractivity contribution in [3.63, 3.8) is 0 Å².